The van der Waals surface area contributed by atoms with Gasteiger partial charge in [0.1, 0.15) is 0 Å². The van der Waals surface area contributed by atoms with Crippen molar-refractivity contribution >= 4 is 23.4 Å². The molecule has 0 aromatic carbocycles. The maximum absolute atomic E-state index is 12.0. The standard InChI is InChI=1S/C12H17N3OS/c1-9-8-15(4-5-17-9)12(16)6-11-3-2-10(13)7-14-11/h2-3,7,9H,4-6,8,13H2,1H3. The first kappa shape index (κ1) is 12.2. The van der Waals surface area contributed by atoms with Gasteiger partial charge in [-0.25, -0.2) is 0 Å². The number of rotatable bonds is 2. The zero-order valence-corrected chi connectivity index (χ0v) is 10.7. The molecule has 1 aliphatic heterocycles. The third-order valence-corrected chi connectivity index (χ3v) is 3.91. The number of hydrogen-bond acceptors (Lipinski definition) is 4. The van der Waals surface area contributed by atoms with Crippen molar-refractivity contribution in [1.82, 2.24) is 9.88 Å². The summed E-state index contributed by atoms with van der Waals surface area (Å²) in [6.07, 6.45) is 1.97. The molecule has 2 heterocycles. The topological polar surface area (TPSA) is 59.2 Å². The minimum absolute atomic E-state index is 0.162. The largest absolute Gasteiger partial charge is 0.397 e. The van der Waals surface area contributed by atoms with Crippen molar-refractivity contribution in [1.29, 1.82) is 0 Å². The van der Waals surface area contributed by atoms with Gasteiger partial charge in [0, 0.05) is 29.8 Å². The molecule has 17 heavy (non-hydrogen) atoms. The van der Waals surface area contributed by atoms with Gasteiger partial charge in [-0.1, -0.05) is 6.92 Å². The van der Waals surface area contributed by atoms with Crippen molar-refractivity contribution in [3.63, 3.8) is 0 Å². The Hall–Kier alpha value is -1.23. The van der Waals surface area contributed by atoms with Gasteiger partial charge in [-0.05, 0) is 12.1 Å². The van der Waals surface area contributed by atoms with Crippen molar-refractivity contribution in [2.24, 2.45) is 0 Å². The van der Waals surface area contributed by atoms with Gasteiger partial charge in [0.2, 0.25) is 5.91 Å². The van der Waals surface area contributed by atoms with Gasteiger partial charge >= 0.3 is 0 Å². The van der Waals surface area contributed by atoms with Crippen molar-refractivity contribution < 1.29 is 4.79 Å². The van der Waals surface area contributed by atoms with Crippen LogP contribution >= 0.6 is 11.8 Å². The van der Waals surface area contributed by atoms with Crippen LogP contribution in [0.3, 0.4) is 0 Å². The maximum Gasteiger partial charge on any atom is 0.228 e. The van der Waals surface area contributed by atoms with E-state index in [1.54, 1.807) is 12.3 Å². The van der Waals surface area contributed by atoms with E-state index >= 15 is 0 Å². The molecule has 1 aromatic heterocycles. The molecule has 1 amide bonds. The summed E-state index contributed by atoms with van der Waals surface area (Å²) in [6.45, 7) is 3.85. The number of nitrogens with zero attached hydrogens (tertiary/aromatic N) is 2. The van der Waals surface area contributed by atoms with Crippen LogP contribution in [0.1, 0.15) is 12.6 Å². The minimum atomic E-state index is 0.162. The molecule has 5 heteroatoms. The third kappa shape index (κ3) is 3.36. The average Bonchev–Trinajstić information content (AvgIpc) is 2.32. The van der Waals surface area contributed by atoms with Gasteiger partial charge in [0.05, 0.1) is 18.3 Å². The summed E-state index contributed by atoms with van der Waals surface area (Å²) < 4.78 is 0. The van der Waals surface area contributed by atoms with E-state index < -0.39 is 0 Å². The molecule has 1 aromatic rings. The summed E-state index contributed by atoms with van der Waals surface area (Å²) >= 11 is 1.92. The highest BCUT2D eigenvalue weighted by molar-refractivity contribution is 7.99. The Kier molecular flexibility index (Phi) is 3.89. The van der Waals surface area contributed by atoms with Crippen molar-refractivity contribution in [3.05, 3.63) is 24.0 Å². The van der Waals surface area contributed by atoms with Crippen LogP contribution < -0.4 is 5.73 Å². The monoisotopic (exact) mass is 251 g/mol. The van der Waals surface area contributed by atoms with E-state index in [1.807, 2.05) is 22.7 Å². The van der Waals surface area contributed by atoms with Crippen LogP contribution in [0.5, 0.6) is 0 Å². The lowest BCUT2D eigenvalue weighted by Crippen LogP contribution is -2.41. The fourth-order valence-corrected chi connectivity index (χ4v) is 2.87. The number of carbonyl (C=O) groups is 1. The quantitative estimate of drug-likeness (QED) is 0.857. The first-order valence-electron chi connectivity index (χ1n) is 5.75. The molecule has 0 saturated carbocycles. The Morgan fingerprint density at radius 1 is 1.65 bits per heavy atom. The van der Waals surface area contributed by atoms with Crippen LogP contribution in [0.2, 0.25) is 0 Å². The van der Waals surface area contributed by atoms with Gasteiger partial charge in [0.25, 0.3) is 0 Å². The van der Waals surface area contributed by atoms with Crippen LogP contribution in [0.15, 0.2) is 18.3 Å². The minimum Gasteiger partial charge on any atom is -0.397 e. The van der Waals surface area contributed by atoms with E-state index in [9.17, 15) is 4.79 Å². The van der Waals surface area contributed by atoms with Crippen molar-refractivity contribution in [3.8, 4) is 0 Å². The molecule has 2 rings (SSSR count). The normalized spacial score (nSPS) is 20.3. The summed E-state index contributed by atoms with van der Waals surface area (Å²) in [5.74, 6) is 1.19. The van der Waals surface area contributed by atoms with E-state index in [1.165, 1.54) is 0 Å². The van der Waals surface area contributed by atoms with E-state index in [0.717, 1.165) is 24.5 Å². The number of nitrogens with two attached hydrogens (primary N) is 1. The Balaban J connectivity index is 1.94. The summed E-state index contributed by atoms with van der Waals surface area (Å²) in [6, 6.07) is 3.60. The lowest BCUT2D eigenvalue weighted by atomic mass is 10.2. The fraction of sp³-hybridized carbons (Fsp3) is 0.500. The third-order valence-electron chi connectivity index (χ3n) is 2.77. The lowest BCUT2D eigenvalue weighted by Gasteiger charge is -2.30. The van der Waals surface area contributed by atoms with Crippen molar-refractivity contribution in [2.45, 2.75) is 18.6 Å². The second-order valence-electron chi connectivity index (χ2n) is 4.28. The van der Waals surface area contributed by atoms with Crippen LogP contribution in [0, 0.1) is 0 Å². The molecule has 2 N–H and O–H groups in total. The molecule has 92 valence electrons. The lowest BCUT2D eigenvalue weighted by molar-refractivity contribution is -0.130. The molecule has 0 spiro atoms. The maximum atomic E-state index is 12.0. The summed E-state index contributed by atoms with van der Waals surface area (Å²) in [4.78, 5) is 18.1. The van der Waals surface area contributed by atoms with E-state index in [-0.39, 0.29) is 5.91 Å². The Morgan fingerprint density at radius 3 is 3.12 bits per heavy atom. The summed E-state index contributed by atoms with van der Waals surface area (Å²) in [5.41, 5.74) is 6.97. The van der Waals surface area contributed by atoms with Gasteiger partial charge < -0.3 is 10.6 Å². The number of thioether (sulfide) groups is 1. The van der Waals surface area contributed by atoms with Crippen LogP contribution in [0.4, 0.5) is 5.69 Å². The molecule has 1 unspecified atom stereocenters. The Labute approximate surface area is 106 Å². The second kappa shape index (κ2) is 5.40. The predicted octanol–water partition coefficient (Wildman–Crippen LogP) is 1.17. The highest BCUT2D eigenvalue weighted by Gasteiger charge is 2.21. The molecule has 1 fully saturated rings. The number of nitrogen functional groups attached to an aromatic ring is 1. The first-order valence-corrected chi connectivity index (χ1v) is 6.80. The molecule has 0 radical (unpaired) electrons. The summed E-state index contributed by atoms with van der Waals surface area (Å²) in [7, 11) is 0. The molecule has 1 atom stereocenters. The van der Waals surface area contributed by atoms with E-state index in [4.69, 9.17) is 5.73 Å². The number of pyridine rings is 1. The van der Waals surface area contributed by atoms with Gasteiger partial charge in [-0.2, -0.15) is 11.8 Å². The highest BCUT2D eigenvalue weighted by Crippen LogP contribution is 2.18. The number of carbonyl (C=O) groups excluding carboxylic acids is 1. The molecule has 0 aliphatic carbocycles. The zero-order valence-electron chi connectivity index (χ0n) is 9.93. The first-order chi connectivity index (χ1) is 8.15. The fourth-order valence-electron chi connectivity index (χ4n) is 1.85. The SMILES string of the molecule is CC1CN(C(=O)Cc2ccc(N)cn2)CCS1. The predicted molar refractivity (Wildman–Crippen MR) is 70.9 cm³/mol. The Morgan fingerprint density at radius 2 is 2.47 bits per heavy atom. The van der Waals surface area contributed by atoms with E-state index in [2.05, 4.69) is 11.9 Å². The number of amides is 1. The zero-order chi connectivity index (χ0) is 12.3. The van der Waals surface area contributed by atoms with Crippen LogP contribution in [0.25, 0.3) is 0 Å². The van der Waals surface area contributed by atoms with Gasteiger partial charge in [-0.15, -0.1) is 0 Å². The molecule has 1 saturated heterocycles. The molecule has 1 aliphatic rings. The molecule has 4 nitrogen and oxygen atoms in total. The smallest absolute Gasteiger partial charge is 0.228 e. The second-order valence-corrected chi connectivity index (χ2v) is 5.83. The molecular formula is C12H17N3OS. The molecule has 0 bridgehead atoms. The van der Waals surface area contributed by atoms with Gasteiger partial charge in [0.15, 0.2) is 0 Å². The number of hydrogen-bond donors (Lipinski definition) is 1. The highest BCUT2D eigenvalue weighted by atomic mass is 32.2. The Bertz CT molecular complexity index is 393. The average molecular weight is 251 g/mol. The van der Waals surface area contributed by atoms with E-state index in [0.29, 0.717) is 17.4 Å². The van der Waals surface area contributed by atoms with Crippen LogP contribution in [-0.2, 0) is 11.2 Å². The van der Waals surface area contributed by atoms with Crippen molar-refractivity contribution in [2.75, 3.05) is 24.6 Å². The summed E-state index contributed by atoms with van der Waals surface area (Å²) in [5, 5.41) is 0.534. The van der Waals surface area contributed by atoms with Gasteiger partial charge in [-0.3, -0.25) is 9.78 Å². The number of anilines is 1. The molecular weight excluding hydrogens is 234 g/mol. The number of aromatic nitrogens is 1. The van der Waals surface area contributed by atoms with Crippen LogP contribution in [-0.4, -0.2) is 39.9 Å².